The Labute approximate surface area is 159 Å². The maximum Gasteiger partial charge on any atom is 0.379 e. The van der Waals surface area contributed by atoms with Gasteiger partial charge in [0.15, 0.2) is 0 Å². The number of nitrogens with zero attached hydrogens (tertiary/aromatic N) is 1. The molecule has 1 saturated heterocycles. The van der Waals surface area contributed by atoms with Gasteiger partial charge in [-0.25, -0.2) is 9.18 Å². The Bertz CT molecular complexity index is 1130. The Balaban J connectivity index is 1.86. The molecule has 1 aliphatic rings. The van der Waals surface area contributed by atoms with Crippen LogP contribution in [0.3, 0.4) is 0 Å². The van der Waals surface area contributed by atoms with Crippen LogP contribution in [0.1, 0.15) is 11.1 Å². The molecular formula is C21H16FNO5. The van der Waals surface area contributed by atoms with Gasteiger partial charge in [-0.2, -0.15) is 0 Å². The van der Waals surface area contributed by atoms with E-state index in [4.69, 9.17) is 9.47 Å². The van der Waals surface area contributed by atoms with E-state index in [0.717, 1.165) is 11.1 Å². The van der Waals surface area contributed by atoms with E-state index in [1.54, 1.807) is 30.5 Å². The van der Waals surface area contributed by atoms with E-state index in [1.807, 2.05) is 10.6 Å². The van der Waals surface area contributed by atoms with Crippen LogP contribution in [0.15, 0.2) is 54.2 Å². The SMILES string of the molecule is COc1ccc2c(c1)c(/C(O)=C1\COC(=O)C1=O)cn2Cc1ccc(F)cc1. The number of carbonyl (C=O) groups excluding carboxylic acids is 2. The Morgan fingerprint density at radius 1 is 1.21 bits per heavy atom. The molecule has 0 bridgehead atoms. The number of fused-ring (bicyclic) bond motifs is 1. The van der Waals surface area contributed by atoms with E-state index in [-0.39, 0.29) is 23.8 Å². The van der Waals surface area contributed by atoms with Crippen LogP contribution in [0.5, 0.6) is 5.75 Å². The Kier molecular flexibility index (Phi) is 4.35. The minimum atomic E-state index is -0.978. The molecule has 6 nitrogen and oxygen atoms in total. The highest BCUT2D eigenvalue weighted by Crippen LogP contribution is 2.32. The highest BCUT2D eigenvalue weighted by Gasteiger charge is 2.33. The number of aliphatic hydroxyl groups excluding tert-OH is 1. The predicted octanol–water partition coefficient (Wildman–Crippen LogP) is 3.23. The van der Waals surface area contributed by atoms with Crippen LogP contribution < -0.4 is 4.74 Å². The van der Waals surface area contributed by atoms with Crippen LogP contribution in [-0.4, -0.2) is 35.1 Å². The summed E-state index contributed by atoms with van der Waals surface area (Å²) in [6, 6.07) is 11.5. The maximum atomic E-state index is 13.2. The van der Waals surface area contributed by atoms with Gasteiger partial charge in [0.25, 0.3) is 5.78 Å². The topological polar surface area (TPSA) is 77.8 Å². The molecule has 0 spiro atoms. The average molecular weight is 381 g/mol. The van der Waals surface area contributed by atoms with Gasteiger partial charge in [0.1, 0.15) is 23.9 Å². The van der Waals surface area contributed by atoms with Crippen molar-refractivity contribution >= 4 is 28.4 Å². The van der Waals surface area contributed by atoms with E-state index < -0.39 is 11.8 Å². The van der Waals surface area contributed by atoms with E-state index in [1.165, 1.54) is 19.2 Å². The van der Waals surface area contributed by atoms with Gasteiger partial charge in [-0.3, -0.25) is 4.79 Å². The number of ether oxygens (including phenoxy) is 2. The molecule has 2 aromatic carbocycles. The van der Waals surface area contributed by atoms with Gasteiger partial charge in [0.05, 0.1) is 12.7 Å². The first-order valence-corrected chi connectivity index (χ1v) is 8.53. The average Bonchev–Trinajstić information content (AvgIpc) is 3.23. The highest BCUT2D eigenvalue weighted by molar-refractivity contribution is 6.43. The second-order valence-electron chi connectivity index (χ2n) is 6.41. The van der Waals surface area contributed by atoms with Crippen molar-refractivity contribution in [3.8, 4) is 5.75 Å². The molecule has 0 radical (unpaired) electrons. The summed E-state index contributed by atoms with van der Waals surface area (Å²) >= 11 is 0. The number of aliphatic hydroxyl groups is 1. The molecule has 0 aliphatic carbocycles. The second-order valence-corrected chi connectivity index (χ2v) is 6.41. The number of ketones is 1. The lowest BCUT2D eigenvalue weighted by Gasteiger charge is -2.06. The summed E-state index contributed by atoms with van der Waals surface area (Å²) in [5, 5.41) is 11.4. The third kappa shape index (κ3) is 3.00. The quantitative estimate of drug-likeness (QED) is 0.325. The number of benzene rings is 2. The molecule has 142 valence electrons. The molecule has 0 saturated carbocycles. The third-order valence-corrected chi connectivity index (χ3v) is 4.70. The van der Waals surface area contributed by atoms with E-state index in [0.29, 0.717) is 23.2 Å². The van der Waals surface area contributed by atoms with Gasteiger partial charge in [-0.1, -0.05) is 12.1 Å². The zero-order chi connectivity index (χ0) is 19.8. The van der Waals surface area contributed by atoms with Crippen LogP contribution in [0, 0.1) is 5.82 Å². The molecule has 2 heterocycles. The van der Waals surface area contributed by atoms with Crippen molar-refractivity contribution in [3.05, 3.63) is 71.2 Å². The zero-order valence-corrected chi connectivity index (χ0v) is 14.9. The lowest BCUT2D eigenvalue weighted by molar-refractivity contribution is -0.146. The number of hydrogen-bond acceptors (Lipinski definition) is 5. The number of halogens is 1. The minimum Gasteiger partial charge on any atom is -0.507 e. The number of Topliss-reactive ketones (excluding diaryl/α,β-unsaturated/α-hetero) is 1. The van der Waals surface area contributed by atoms with Crippen molar-refractivity contribution in [2.24, 2.45) is 0 Å². The molecule has 7 heteroatoms. The highest BCUT2D eigenvalue weighted by atomic mass is 19.1. The van der Waals surface area contributed by atoms with Crippen molar-refractivity contribution in [2.75, 3.05) is 13.7 Å². The molecule has 1 fully saturated rings. The zero-order valence-electron chi connectivity index (χ0n) is 14.9. The van der Waals surface area contributed by atoms with Gasteiger partial charge in [0.2, 0.25) is 0 Å². The molecule has 1 N–H and O–H groups in total. The number of carbonyl (C=O) groups is 2. The van der Waals surface area contributed by atoms with Gasteiger partial charge < -0.3 is 19.1 Å². The largest absolute Gasteiger partial charge is 0.507 e. The summed E-state index contributed by atoms with van der Waals surface area (Å²) < 4.78 is 25.0. The lowest BCUT2D eigenvalue weighted by Crippen LogP contribution is -2.08. The summed E-state index contributed by atoms with van der Waals surface area (Å²) in [6.07, 6.45) is 1.69. The molecular weight excluding hydrogens is 365 g/mol. The molecule has 0 unspecified atom stereocenters. The van der Waals surface area contributed by atoms with Gasteiger partial charge in [0, 0.05) is 29.2 Å². The van der Waals surface area contributed by atoms with Crippen molar-refractivity contribution < 1.29 is 28.6 Å². The van der Waals surface area contributed by atoms with Crippen molar-refractivity contribution in [3.63, 3.8) is 0 Å². The summed E-state index contributed by atoms with van der Waals surface area (Å²) in [5.74, 6) is -1.87. The van der Waals surface area contributed by atoms with Crippen LogP contribution in [0.4, 0.5) is 4.39 Å². The second kappa shape index (κ2) is 6.84. The first-order valence-electron chi connectivity index (χ1n) is 8.53. The fraction of sp³-hybridized carbons (Fsp3) is 0.143. The van der Waals surface area contributed by atoms with Gasteiger partial charge >= 0.3 is 5.97 Å². The summed E-state index contributed by atoms with van der Waals surface area (Å²) in [5.41, 5.74) is 1.96. The van der Waals surface area contributed by atoms with Gasteiger partial charge in [-0.05, 0) is 35.9 Å². The Morgan fingerprint density at radius 2 is 1.96 bits per heavy atom. The summed E-state index contributed by atoms with van der Waals surface area (Å²) in [4.78, 5) is 23.3. The first-order chi connectivity index (χ1) is 13.5. The number of rotatable bonds is 4. The monoisotopic (exact) mass is 381 g/mol. The molecule has 0 amide bonds. The fourth-order valence-corrected chi connectivity index (χ4v) is 3.24. The molecule has 1 aliphatic heterocycles. The maximum absolute atomic E-state index is 13.2. The van der Waals surface area contributed by atoms with Crippen LogP contribution in [-0.2, 0) is 20.9 Å². The Hall–Kier alpha value is -3.61. The normalized spacial score (nSPS) is 15.8. The van der Waals surface area contributed by atoms with Crippen LogP contribution in [0.2, 0.25) is 0 Å². The molecule has 0 atom stereocenters. The van der Waals surface area contributed by atoms with Crippen molar-refractivity contribution in [1.82, 2.24) is 4.57 Å². The summed E-state index contributed by atoms with van der Waals surface area (Å²) in [7, 11) is 1.53. The molecule has 1 aromatic heterocycles. The lowest BCUT2D eigenvalue weighted by atomic mass is 10.1. The summed E-state index contributed by atoms with van der Waals surface area (Å²) in [6.45, 7) is 0.160. The standard InChI is InChI=1S/C21H16FNO5/c1-27-14-6-7-18-15(8-14)16(19(24)17-11-28-21(26)20(17)25)10-23(18)9-12-2-4-13(22)5-3-12/h2-8,10,24H,9,11H2,1H3/b19-17-. The van der Waals surface area contributed by atoms with Crippen LogP contribution in [0.25, 0.3) is 16.7 Å². The fourth-order valence-electron chi connectivity index (χ4n) is 3.24. The minimum absolute atomic E-state index is 0.0753. The van der Waals surface area contributed by atoms with Crippen molar-refractivity contribution in [2.45, 2.75) is 6.54 Å². The third-order valence-electron chi connectivity index (χ3n) is 4.70. The first kappa shape index (κ1) is 17.8. The smallest absolute Gasteiger partial charge is 0.379 e. The number of methoxy groups -OCH3 is 1. The van der Waals surface area contributed by atoms with E-state index in [2.05, 4.69) is 0 Å². The van der Waals surface area contributed by atoms with Crippen LogP contribution >= 0.6 is 0 Å². The number of cyclic esters (lactones) is 1. The molecule has 28 heavy (non-hydrogen) atoms. The Morgan fingerprint density at radius 3 is 2.61 bits per heavy atom. The van der Waals surface area contributed by atoms with E-state index >= 15 is 0 Å². The van der Waals surface area contributed by atoms with Gasteiger partial charge in [-0.15, -0.1) is 0 Å². The van der Waals surface area contributed by atoms with Crippen molar-refractivity contribution in [1.29, 1.82) is 0 Å². The number of hydrogen-bond donors (Lipinski definition) is 1. The predicted molar refractivity (Wildman–Crippen MR) is 99.5 cm³/mol. The molecule has 4 rings (SSSR count). The number of esters is 1. The molecule has 3 aromatic rings. The number of aromatic nitrogens is 1. The van der Waals surface area contributed by atoms with E-state index in [9.17, 15) is 19.1 Å².